The van der Waals surface area contributed by atoms with Crippen molar-refractivity contribution < 1.29 is 4.79 Å². The summed E-state index contributed by atoms with van der Waals surface area (Å²) >= 11 is 1.66. The lowest BCUT2D eigenvalue weighted by molar-refractivity contribution is 0.0950. The van der Waals surface area contributed by atoms with E-state index in [0.717, 1.165) is 42.6 Å². The van der Waals surface area contributed by atoms with Gasteiger partial charge in [-0.15, -0.1) is 11.3 Å². The van der Waals surface area contributed by atoms with Crippen molar-refractivity contribution in [3.8, 4) is 0 Å². The molecule has 0 bridgehead atoms. The molecule has 124 valence electrons. The first-order chi connectivity index (χ1) is 11.2. The molecule has 1 aliphatic heterocycles. The summed E-state index contributed by atoms with van der Waals surface area (Å²) in [6.45, 7) is 7.44. The second kappa shape index (κ2) is 7.12. The van der Waals surface area contributed by atoms with Crippen LogP contribution in [0.2, 0.25) is 0 Å². The number of carbonyl (C=O) groups is 1. The number of rotatable bonds is 6. The van der Waals surface area contributed by atoms with Crippen LogP contribution in [-0.2, 0) is 13.1 Å². The Morgan fingerprint density at radius 3 is 2.91 bits per heavy atom. The maximum absolute atomic E-state index is 12.3. The summed E-state index contributed by atoms with van der Waals surface area (Å²) in [6, 6.07) is 0. The van der Waals surface area contributed by atoms with Crippen molar-refractivity contribution in [2.24, 2.45) is 0 Å². The van der Waals surface area contributed by atoms with Crippen molar-refractivity contribution in [2.75, 3.05) is 18.0 Å². The van der Waals surface area contributed by atoms with Gasteiger partial charge in [-0.05, 0) is 26.2 Å². The fourth-order valence-electron chi connectivity index (χ4n) is 2.78. The van der Waals surface area contributed by atoms with Gasteiger partial charge in [0.2, 0.25) is 0 Å². The predicted octanol–water partition coefficient (Wildman–Crippen LogP) is 2.59. The topological polar surface area (TPSA) is 63.1 Å². The highest BCUT2D eigenvalue weighted by atomic mass is 32.1. The van der Waals surface area contributed by atoms with Crippen LogP contribution >= 0.6 is 11.3 Å². The Hall–Kier alpha value is -1.89. The third-order valence-corrected chi connectivity index (χ3v) is 4.94. The lowest BCUT2D eigenvalue weighted by atomic mass is 10.2. The number of aromatic nitrogens is 3. The van der Waals surface area contributed by atoms with Gasteiger partial charge in [0, 0.05) is 31.2 Å². The molecule has 2 aromatic rings. The number of nitrogens with one attached hydrogen (secondary N) is 1. The molecule has 3 rings (SSSR count). The summed E-state index contributed by atoms with van der Waals surface area (Å²) in [4.78, 5) is 19.3. The van der Waals surface area contributed by atoms with Crippen LogP contribution in [0.25, 0.3) is 0 Å². The Kier molecular flexibility index (Phi) is 4.95. The molecule has 0 radical (unpaired) electrons. The first-order valence-corrected chi connectivity index (χ1v) is 9.07. The number of anilines is 1. The number of aryl methyl sites for hydroxylation is 2. The van der Waals surface area contributed by atoms with Gasteiger partial charge in [-0.25, -0.2) is 4.98 Å². The molecule has 2 aromatic heterocycles. The van der Waals surface area contributed by atoms with Gasteiger partial charge in [-0.3, -0.25) is 9.48 Å². The second-order valence-electron chi connectivity index (χ2n) is 5.89. The largest absolute Gasteiger partial charge is 0.348 e. The first-order valence-electron chi connectivity index (χ1n) is 8.19. The first kappa shape index (κ1) is 16.0. The molecule has 0 spiro atoms. The monoisotopic (exact) mass is 333 g/mol. The van der Waals surface area contributed by atoms with E-state index in [1.807, 2.05) is 23.2 Å². The van der Waals surface area contributed by atoms with E-state index in [1.165, 1.54) is 12.8 Å². The van der Waals surface area contributed by atoms with Crippen LogP contribution < -0.4 is 10.2 Å². The van der Waals surface area contributed by atoms with E-state index < -0.39 is 0 Å². The molecule has 0 aliphatic carbocycles. The van der Waals surface area contributed by atoms with Crippen molar-refractivity contribution >= 4 is 22.4 Å². The molecule has 1 aliphatic rings. The van der Waals surface area contributed by atoms with Crippen molar-refractivity contribution in [3.05, 3.63) is 28.5 Å². The average Bonchev–Trinajstić information content (AvgIpc) is 3.25. The molecule has 0 atom stereocenters. The molecule has 23 heavy (non-hydrogen) atoms. The molecule has 7 heteroatoms. The molecular formula is C16H23N5OS. The van der Waals surface area contributed by atoms with Crippen LogP contribution in [0.15, 0.2) is 11.6 Å². The SMILES string of the molecule is CCCn1cc(C(=O)NCc2csc(N3CCCC3)n2)c(C)n1. The molecule has 0 unspecified atom stereocenters. The zero-order chi connectivity index (χ0) is 16.2. The van der Waals surface area contributed by atoms with Gasteiger partial charge in [0.1, 0.15) is 0 Å². The Morgan fingerprint density at radius 2 is 2.17 bits per heavy atom. The number of hydrogen-bond acceptors (Lipinski definition) is 5. The van der Waals surface area contributed by atoms with Crippen LogP contribution in [0.1, 0.15) is 47.9 Å². The van der Waals surface area contributed by atoms with Gasteiger partial charge >= 0.3 is 0 Å². The van der Waals surface area contributed by atoms with E-state index in [2.05, 4.69) is 27.2 Å². The minimum atomic E-state index is -0.0828. The fraction of sp³-hybridized carbons (Fsp3) is 0.562. The summed E-state index contributed by atoms with van der Waals surface area (Å²) in [7, 11) is 0. The fourth-order valence-corrected chi connectivity index (χ4v) is 3.66. The maximum atomic E-state index is 12.3. The van der Waals surface area contributed by atoms with Gasteiger partial charge in [0.25, 0.3) is 5.91 Å². The van der Waals surface area contributed by atoms with Crippen LogP contribution in [0.4, 0.5) is 5.13 Å². The minimum absolute atomic E-state index is 0.0828. The maximum Gasteiger partial charge on any atom is 0.255 e. The van der Waals surface area contributed by atoms with E-state index >= 15 is 0 Å². The summed E-state index contributed by atoms with van der Waals surface area (Å²) in [5.74, 6) is -0.0828. The quantitative estimate of drug-likeness (QED) is 0.882. The van der Waals surface area contributed by atoms with Gasteiger partial charge < -0.3 is 10.2 Å². The Labute approximate surface area is 140 Å². The molecule has 1 saturated heterocycles. The van der Waals surface area contributed by atoms with Gasteiger partial charge in [-0.2, -0.15) is 5.10 Å². The second-order valence-corrected chi connectivity index (χ2v) is 6.73. The molecule has 1 fully saturated rings. The Balaban J connectivity index is 1.58. The highest BCUT2D eigenvalue weighted by molar-refractivity contribution is 7.13. The highest BCUT2D eigenvalue weighted by Crippen LogP contribution is 2.24. The van der Waals surface area contributed by atoms with Crippen molar-refractivity contribution in [2.45, 2.75) is 46.2 Å². The molecule has 3 heterocycles. The van der Waals surface area contributed by atoms with E-state index in [-0.39, 0.29) is 5.91 Å². The third kappa shape index (κ3) is 3.72. The van der Waals surface area contributed by atoms with E-state index in [0.29, 0.717) is 12.1 Å². The van der Waals surface area contributed by atoms with Gasteiger partial charge in [0.05, 0.1) is 23.5 Å². The molecule has 1 N–H and O–H groups in total. The summed E-state index contributed by atoms with van der Waals surface area (Å²) in [5, 5.41) is 10.4. The van der Waals surface area contributed by atoms with Crippen molar-refractivity contribution in [3.63, 3.8) is 0 Å². The Morgan fingerprint density at radius 1 is 1.39 bits per heavy atom. The minimum Gasteiger partial charge on any atom is -0.348 e. The smallest absolute Gasteiger partial charge is 0.255 e. The zero-order valence-corrected chi connectivity index (χ0v) is 14.5. The van der Waals surface area contributed by atoms with Gasteiger partial charge in [-0.1, -0.05) is 6.92 Å². The Bertz CT molecular complexity index is 672. The molecule has 1 amide bonds. The van der Waals surface area contributed by atoms with Crippen LogP contribution in [-0.4, -0.2) is 33.8 Å². The highest BCUT2D eigenvalue weighted by Gasteiger charge is 2.17. The number of thiazole rings is 1. The normalized spacial score (nSPS) is 14.4. The van der Waals surface area contributed by atoms with Crippen LogP contribution in [0.5, 0.6) is 0 Å². The van der Waals surface area contributed by atoms with E-state index in [9.17, 15) is 4.79 Å². The molecule has 0 saturated carbocycles. The average molecular weight is 333 g/mol. The lowest BCUT2D eigenvalue weighted by Crippen LogP contribution is -2.23. The molecular weight excluding hydrogens is 310 g/mol. The molecule has 6 nitrogen and oxygen atoms in total. The van der Waals surface area contributed by atoms with Crippen LogP contribution in [0, 0.1) is 6.92 Å². The lowest BCUT2D eigenvalue weighted by Gasteiger charge is -2.12. The number of nitrogens with zero attached hydrogens (tertiary/aromatic N) is 4. The number of hydrogen-bond donors (Lipinski definition) is 1. The predicted molar refractivity (Wildman–Crippen MR) is 92.0 cm³/mol. The zero-order valence-electron chi connectivity index (χ0n) is 13.7. The van der Waals surface area contributed by atoms with E-state index in [1.54, 1.807) is 11.3 Å². The van der Waals surface area contributed by atoms with Crippen molar-refractivity contribution in [1.29, 1.82) is 0 Å². The number of carbonyl (C=O) groups excluding carboxylic acids is 1. The van der Waals surface area contributed by atoms with Crippen molar-refractivity contribution in [1.82, 2.24) is 20.1 Å². The standard InChI is InChI=1S/C16H23N5OS/c1-3-6-21-10-14(12(2)19-21)15(22)17-9-13-11-23-16(18-13)20-7-4-5-8-20/h10-11H,3-9H2,1-2H3,(H,17,22). The van der Waals surface area contributed by atoms with Gasteiger partial charge in [0.15, 0.2) is 5.13 Å². The summed E-state index contributed by atoms with van der Waals surface area (Å²) in [6.07, 6.45) is 5.31. The van der Waals surface area contributed by atoms with E-state index in [4.69, 9.17) is 0 Å². The third-order valence-electron chi connectivity index (χ3n) is 3.99. The molecule has 0 aromatic carbocycles. The van der Waals surface area contributed by atoms with Crippen LogP contribution in [0.3, 0.4) is 0 Å². The summed E-state index contributed by atoms with van der Waals surface area (Å²) in [5.41, 5.74) is 2.34. The number of amides is 1. The summed E-state index contributed by atoms with van der Waals surface area (Å²) < 4.78 is 1.83.